The van der Waals surface area contributed by atoms with Crippen LogP contribution in [0.2, 0.25) is 0 Å². The summed E-state index contributed by atoms with van der Waals surface area (Å²) in [7, 11) is 0. The highest BCUT2D eigenvalue weighted by Gasteiger charge is 2.17. The molecule has 2 N–H and O–H groups in total. The zero-order chi connectivity index (χ0) is 11.5. The van der Waals surface area contributed by atoms with Crippen molar-refractivity contribution < 1.29 is 14.7 Å². The molecule has 0 spiro atoms. The summed E-state index contributed by atoms with van der Waals surface area (Å²) in [5, 5.41) is 8.50. The number of carboxylic acid groups (broad SMARTS) is 1. The lowest BCUT2D eigenvalue weighted by atomic mass is 10.3. The summed E-state index contributed by atoms with van der Waals surface area (Å²) in [6.07, 6.45) is 2.76. The Morgan fingerprint density at radius 2 is 2.06 bits per heavy atom. The van der Waals surface area contributed by atoms with Crippen LogP contribution >= 0.6 is 0 Å². The fourth-order valence-corrected chi connectivity index (χ4v) is 1.18. The number of carboxylic acids is 1. The van der Waals surface area contributed by atoms with Crippen molar-refractivity contribution in [2.45, 2.75) is 0 Å². The van der Waals surface area contributed by atoms with E-state index >= 15 is 0 Å². The van der Waals surface area contributed by atoms with Crippen molar-refractivity contribution in [3.63, 3.8) is 0 Å². The maximum absolute atomic E-state index is 11.1. The number of carbonyl (C=O) groups excluding carboxylic acids is 1. The number of ketones is 1. The zero-order valence-electron chi connectivity index (χ0n) is 8.04. The van der Waals surface area contributed by atoms with Crippen LogP contribution in [0.5, 0.6) is 0 Å². The average molecular weight is 217 g/mol. The second kappa shape index (κ2) is 3.93. The van der Waals surface area contributed by atoms with E-state index in [1.165, 1.54) is 6.20 Å². The molecule has 0 aliphatic rings. The third-order valence-corrected chi connectivity index (χ3v) is 1.92. The quantitative estimate of drug-likeness (QED) is 0.583. The molecule has 0 unspecified atom stereocenters. The lowest BCUT2D eigenvalue weighted by Crippen LogP contribution is -2.12. The highest BCUT2D eigenvalue weighted by molar-refractivity contribution is 6.39. The second-order valence-electron chi connectivity index (χ2n) is 2.99. The first-order chi connectivity index (χ1) is 7.68. The van der Waals surface area contributed by atoms with Gasteiger partial charge in [-0.1, -0.05) is 6.07 Å². The van der Waals surface area contributed by atoms with Crippen LogP contribution in [0.15, 0.2) is 30.6 Å². The summed E-state index contributed by atoms with van der Waals surface area (Å²) in [5.41, 5.74) is 0.486. The molecule has 0 fully saturated rings. The number of nitrogens with zero attached hydrogens (tertiary/aromatic N) is 2. The molecule has 0 radical (unpaired) electrons. The number of hydrogen-bond donors (Lipinski definition) is 2. The molecular weight excluding hydrogens is 210 g/mol. The highest BCUT2D eigenvalue weighted by atomic mass is 16.4. The maximum atomic E-state index is 11.1. The molecule has 0 saturated carbocycles. The van der Waals surface area contributed by atoms with Crippen molar-refractivity contribution >= 4 is 11.8 Å². The molecule has 0 aliphatic heterocycles. The average Bonchev–Trinajstić information content (AvgIpc) is 2.78. The number of aliphatic carboxylic acids is 1. The molecule has 80 valence electrons. The van der Waals surface area contributed by atoms with Gasteiger partial charge >= 0.3 is 5.97 Å². The molecule has 2 aromatic heterocycles. The van der Waals surface area contributed by atoms with Crippen LogP contribution in [0.1, 0.15) is 10.5 Å². The van der Waals surface area contributed by atoms with E-state index in [0.29, 0.717) is 11.5 Å². The molecule has 0 atom stereocenters. The van der Waals surface area contributed by atoms with Crippen molar-refractivity contribution in [2.75, 3.05) is 0 Å². The van der Waals surface area contributed by atoms with E-state index in [2.05, 4.69) is 15.0 Å². The third-order valence-electron chi connectivity index (χ3n) is 1.92. The molecular formula is C10H7N3O3. The fraction of sp³-hybridized carbons (Fsp3) is 0. The van der Waals surface area contributed by atoms with Crippen LogP contribution in [-0.2, 0) is 4.79 Å². The first kappa shape index (κ1) is 10.0. The predicted octanol–water partition coefficient (Wildman–Crippen LogP) is 0.739. The highest BCUT2D eigenvalue weighted by Crippen LogP contribution is 2.11. The number of H-pyrrole nitrogens is 1. The number of pyridine rings is 1. The van der Waals surface area contributed by atoms with Gasteiger partial charge in [0.05, 0.1) is 6.20 Å². The molecule has 6 heteroatoms. The van der Waals surface area contributed by atoms with Crippen molar-refractivity contribution in [1.82, 2.24) is 15.0 Å². The number of nitrogens with one attached hydrogen (secondary N) is 1. The van der Waals surface area contributed by atoms with Crippen molar-refractivity contribution in [3.05, 3.63) is 36.3 Å². The van der Waals surface area contributed by atoms with Gasteiger partial charge in [-0.15, -0.1) is 0 Å². The summed E-state index contributed by atoms with van der Waals surface area (Å²) in [6.45, 7) is 0. The largest absolute Gasteiger partial charge is 0.475 e. The summed E-state index contributed by atoms with van der Waals surface area (Å²) in [5.74, 6) is -2.17. The van der Waals surface area contributed by atoms with E-state index < -0.39 is 11.8 Å². The normalized spacial score (nSPS) is 10.0. The van der Waals surface area contributed by atoms with Crippen LogP contribution < -0.4 is 0 Å². The van der Waals surface area contributed by atoms with Crippen molar-refractivity contribution in [2.24, 2.45) is 0 Å². The minimum atomic E-state index is -1.52. The number of Topliss-reactive ketones (excluding diaryl/α,β-unsaturated/α-hetero) is 1. The molecule has 0 amide bonds. The summed E-state index contributed by atoms with van der Waals surface area (Å²) >= 11 is 0. The summed E-state index contributed by atoms with van der Waals surface area (Å²) < 4.78 is 0. The molecule has 16 heavy (non-hydrogen) atoms. The number of carbonyl (C=O) groups is 2. The van der Waals surface area contributed by atoms with Crippen LogP contribution in [0, 0.1) is 0 Å². The topological polar surface area (TPSA) is 95.9 Å². The third kappa shape index (κ3) is 1.81. The number of rotatable bonds is 3. The van der Waals surface area contributed by atoms with Crippen LogP contribution in [0.25, 0.3) is 11.5 Å². The zero-order valence-corrected chi connectivity index (χ0v) is 8.04. The van der Waals surface area contributed by atoms with Crippen LogP contribution in [-0.4, -0.2) is 31.8 Å². The van der Waals surface area contributed by atoms with E-state index in [1.54, 1.807) is 24.4 Å². The smallest absolute Gasteiger partial charge is 0.378 e. The predicted molar refractivity (Wildman–Crippen MR) is 53.8 cm³/mol. The van der Waals surface area contributed by atoms with Gasteiger partial charge in [0.2, 0.25) is 0 Å². The van der Waals surface area contributed by atoms with Gasteiger partial charge in [0.15, 0.2) is 5.82 Å². The first-order valence-electron chi connectivity index (χ1n) is 4.42. The van der Waals surface area contributed by atoms with Gasteiger partial charge in [-0.05, 0) is 12.1 Å². The fourth-order valence-electron chi connectivity index (χ4n) is 1.18. The molecule has 2 aromatic rings. The molecule has 0 aliphatic carbocycles. The second-order valence-corrected chi connectivity index (χ2v) is 2.99. The summed E-state index contributed by atoms with van der Waals surface area (Å²) in [6, 6.07) is 5.22. The SMILES string of the molecule is O=C(O)C(=O)c1cnc(-c2ccccn2)[nH]1. The Balaban J connectivity index is 2.34. The van der Waals surface area contributed by atoms with E-state index in [0.717, 1.165) is 0 Å². The minimum absolute atomic E-state index is 0.0619. The van der Waals surface area contributed by atoms with Gasteiger partial charge in [0.25, 0.3) is 5.78 Å². The van der Waals surface area contributed by atoms with Crippen molar-refractivity contribution in [1.29, 1.82) is 0 Å². The monoisotopic (exact) mass is 217 g/mol. The van der Waals surface area contributed by atoms with E-state index in [-0.39, 0.29) is 5.69 Å². The molecule has 2 heterocycles. The Morgan fingerprint density at radius 1 is 1.25 bits per heavy atom. The number of aromatic nitrogens is 3. The van der Waals surface area contributed by atoms with E-state index in [4.69, 9.17) is 5.11 Å². The van der Waals surface area contributed by atoms with Crippen LogP contribution in [0.4, 0.5) is 0 Å². The lowest BCUT2D eigenvalue weighted by molar-refractivity contribution is -0.131. The Bertz CT molecular complexity index is 533. The molecule has 2 rings (SSSR count). The first-order valence-corrected chi connectivity index (χ1v) is 4.42. The summed E-state index contributed by atoms with van der Waals surface area (Å²) in [4.78, 5) is 32.0. The maximum Gasteiger partial charge on any atom is 0.378 e. The van der Waals surface area contributed by atoms with Gasteiger partial charge in [0.1, 0.15) is 11.4 Å². The van der Waals surface area contributed by atoms with Gasteiger partial charge in [-0.2, -0.15) is 0 Å². The number of hydrogen-bond acceptors (Lipinski definition) is 4. The van der Waals surface area contributed by atoms with E-state index in [1.807, 2.05) is 0 Å². The molecule has 0 saturated heterocycles. The Labute approximate surface area is 90.0 Å². The van der Waals surface area contributed by atoms with Gasteiger partial charge in [0, 0.05) is 6.20 Å². The Hall–Kier alpha value is -2.50. The molecule has 0 bridgehead atoms. The van der Waals surface area contributed by atoms with Gasteiger partial charge < -0.3 is 10.1 Å². The Kier molecular flexibility index (Phi) is 2.47. The van der Waals surface area contributed by atoms with Crippen molar-refractivity contribution in [3.8, 4) is 11.5 Å². The number of imidazole rings is 1. The molecule has 0 aromatic carbocycles. The van der Waals surface area contributed by atoms with Crippen LogP contribution in [0.3, 0.4) is 0 Å². The molecule has 6 nitrogen and oxygen atoms in total. The van der Waals surface area contributed by atoms with Gasteiger partial charge in [-0.3, -0.25) is 9.78 Å². The van der Waals surface area contributed by atoms with Gasteiger partial charge in [-0.25, -0.2) is 9.78 Å². The Morgan fingerprint density at radius 3 is 2.69 bits per heavy atom. The van der Waals surface area contributed by atoms with E-state index in [9.17, 15) is 9.59 Å². The lowest BCUT2D eigenvalue weighted by Gasteiger charge is -1.93. The number of aromatic amines is 1. The minimum Gasteiger partial charge on any atom is -0.475 e. The standard InChI is InChI=1S/C10H7N3O3/c14-8(10(15)16)7-5-12-9(13-7)6-3-1-2-4-11-6/h1-5H,(H,12,13)(H,15,16).